The topological polar surface area (TPSA) is 84.9 Å². The van der Waals surface area contributed by atoms with Crippen LogP contribution in [0.25, 0.3) is 0 Å². The molecule has 1 unspecified atom stereocenters. The first kappa shape index (κ1) is 14.8. The summed E-state index contributed by atoms with van der Waals surface area (Å²) in [5.41, 5.74) is 0. The Balaban J connectivity index is 2.55. The Morgan fingerprint density at radius 1 is 1.47 bits per heavy atom. The van der Waals surface area contributed by atoms with E-state index < -0.39 is 15.3 Å². The number of methoxy groups -OCH3 is 1. The van der Waals surface area contributed by atoms with Gasteiger partial charge in [0.25, 0.3) is 0 Å². The van der Waals surface area contributed by atoms with Crippen LogP contribution in [0.5, 0.6) is 0 Å². The first-order chi connectivity index (χ1) is 8.10. The fourth-order valence-corrected chi connectivity index (χ4v) is 3.50. The van der Waals surface area contributed by atoms with Crippen molar-refractivity contribution < 1.29 is 23.0 Å². The SMILES string of the molecule is COCC(CCO)NS(=O)(=O)C1CCOCC1. The largest absolute Gasteiger partial charge is 0.396 e. The first-order valence-electron chi connectivity index (χ1n) is 5.79. The zero-order valence-corrected chi connectivity index (χ0v) is 10.9. The van der Waals surface area contributed by atoms with Gasteiger partial charge in [0.15, 0.2) is 0 Å². The molecular weight excluding hydrogens is 246 g/mol. The second-order valence-electron chi connectivity index (χ2n) is 4.14. The second kappa shape index (κ2) is 7.27. The molecule has 1 rings (SSSR count). The lowest BCUT2D eigenvalue weighted by Crippen LogP contribution is -2.45. The van der Waals surface area contributed by atoms with Crippen molar-refractivity contribution in [2.75, 3.05) is 33.5 Å². The lowest BCUT2D eigenvalue weighted by atomic mass is 10.2. The van der Waals surface area contributed by atoms with E-state index in [4.69, 9.17) is 14.6 Å². The molecule has 1 fully saturated rings. The van der Waals surface area contributed by atoms with E-state index in [2.05, 4.69) is 4.72 Å². The molecule has 0 amide bonds. The lowest BCUT2D eigenvalue weighted by Gasteiger charge is -2.25. The monoisotopic (exact) mass is 267 g/mol. The van der Waals surface area contributed by atoms with Crippen molar-refractivity contribution in [3.8, 4) is 0 Å². The van der Waals surface area contributed by atoms with Crippen molar-refractivity contribution >= 4 is 10.0 Å². The van der Waals surface area contributed by atoms with E-state index in [0.29, 0.717) is 32.5 Å². The molecule has 0 aromatic rings. The third kappa shape index (κ3) is 4.89. The second-order valence-corrected chi connectivity index (χ2v) is 6.13. The van der Waals surface area contributed by atoms with Gasteiger partial charge in [0, 0.05) is 33.0 Å². The smallest absolute Gasteiger partial charge is 0.214 e. The molecular formula is C10H21NO5S. The molecule has 0 aromatic heterocycles. The van der Waals surface area contributed by atoms with Gasteiger partial charge in [0.1, 0.15) is 0 Å². The van der Waals surface area contributed by atoms with Gasteiger partial charge in [-0.25, -0.2) is 13.1 Å². The quantitative estimate of drug-likeness (QED) is 0.648. The van der Waals surface area contributed by atoms with Crippen LogP contribution in [0.1, 0.15) is 19.3 Å². The maximum Gasteiger partial charge on any atom is 0.214 e. The third-order valence-corrected chi connectivity index (χ3v) is 4.79. The molecule has 0 bridgehead atoms. The summed E-state index contributed by atoms with van der Waals surface area (Å²) in [6.07, 6.45) is 1.40. The number of aliphatic hydroxyl groups excluding tert-OH is 1. The lowest BCUT2D eigenvalue weighted by molar-refractivity contribution is 0.0977. The summed E-state index contributed by atoms with van der Waals surface area (Å²) < 4.78 is 36.7. The van der Waals surface area contributed by atoms with E-state index in [-0.39, 0.29) is 19.3 Å². The molecule has 17 heavy (non-hydrogen) atoms. The van der Waals surface area contributed by atoms with Gasteiger partial charge in [0.05, 0.1) is 11.9 Å². The van der Waals surface area contributed by atoms with E-state index in [1.54, 1.807) is 0 Å². The number of rotatable bonds is 7. The minimum atomic E-state index is -3.35. The zero-order valence-electron chi connectivity index (χ0n) is 10.1. The van der Waals surface area contributed by atoms with Crippen LogP contribution < -0.4 is 4.72 Å². The minimum Gasteiger partial charge on any atom is -0.396 e. The standard InChI is InChI=1S/C10H21NO5S/c1-15-8-9(2-5-12)11-17(13,14)10-3-6-16-7-4-10/h9-12H,2-8H2,1H3. The normalized spacial score (nSPS) is 20.4. The van der Waals surface area contributed by atoms with Crippen molar-refractivity contribution in [2.24, 2.45) is 0 Å². The van der Waals surface area contributed by atoms with Crippen molar-refractivity contribution in [3.05, 3.63) is 0 Å². The molecule has 1 saturated heterocycles. The van der Waals surface area contributed by atoms with E-state index >= 15 is 0 Å². The molecule has 1 atom stereocenters. The number of aliphatic hydroxyl groups is 1. The van der Waals surface area contributed by atoms with Gasteiger partial charge in [-0.05, 0) is 19.3 Å². The zero-order chi connectivity index (χ0) is 12.7. The highest BCUT2D eigenvalue weighted by Crippen LogP contribution is 2.15. The van der Waals surface area contributed by atoms with Crippen molar-refractivity contribution in [3.63, 3.8) is 0 Å². The van der Waals surface area contributed by atoms with Gasteiger partial charge < -0.3 is 14.6 Å². The first-order valence-corrected chi connectivity index (χ1v) is 7.33. The average Bonchev–Trinajstić information content (AvgIpc) is 2.30. The van der Waals surface area contributed by atoms with Crippen LogP contribution in [0.3, 0.4) is 0 Å². The predicted octanol–water partition coefficient (Wildman–Crippen LogP) is -0.518. The Morgan fingerprint density at radius 2 is 2.12 bits per heavy atom. The van der Waals surface area contributed by atoms with Gasteiger partial charge in [-0.1, -0.05) is 0 Å². The van der Waals surface area contributed by atoms with E-state index in [1.807, 2.05) is 0 Å². The number of hydrogen-bond acceptors (Lipinski definition) is 5. The summed E-state index contributed by atoms with van der Waals surface area (Å²) in [4.78, 5) is 0. The molecule has 2 N–H and O–H groups in total. The predicted molar refractivity (Wildman–Crippen MR) is 63.3 cm³/mol. The third-order valence-electron chi connectivity index (χ3n) is 2.78. The van der Waals surface area contributed by atoms with Gasteiger partial charge in [0.2, 0.25) is 10.0 Å². The molecule has 6 nitrogen and oxygen atoms in total. The van der Waals surface area contributed by atoms with E-state index in [0.717, 1.165) is 0 Å². The highest BCUT2D eigenvalue weighted by molar-refractivity contribution is 7.90. The number of sulfonamides is 1. The van der Waals surface area contributed by atoms with Crippen LogP contribution >= 0.6 is 0 Å². The van der Waals surface area contributed by atoms with Gasteiger partial charge >= 0.3 is 0 Å². The van der Waals surface area contributed by atoms with Crippen molar-refractivity contribution in [1.29, 1.82) is 0 Å². The van der Waals surface area contributed by atoms with Crippen LogP contribution in [0.2, 0.25) is 0 Å². The van der Waals surface area contributed by atoms with Gasteiger partial charge in [-0.15, -0.1) is 0 Å². The highest BCUT2D eigenvalue weighted by Gasteiger charge is 2.29. The number of nitrogens with one attached hydrogen (secondary N) is 1. The molecule has 0 spiro atoms. The van der Waals surface area contributed by atoms with Crippen LogP contribution in [0, 0.1) is 0 Å². The van der Waals surface area contributed by atoms with Crippen molar-refractivity contribution in [1.82, 2.24) is 4.72 Å². The molecule has 0 aromatic carbocycles. The maximum atomic E-state index is 12.0. The molecule has 102 valence electrons. The van der Waals surface area contributed by atoms with Gasteiger partial charge in [-0.2, -0.15) is 0 Å². The fraction of sp³-hybridized carbons (Fsp3) is 1.00. The Bertz CT molecular complexity index is 294. The van der Waals surface area contributed by atoms with Crippen LogP contribution in [-0.2, 0) is 19.5 Å². The fourth-order valence-electron chi connectivity index (χ4n) is 1.85. The summed E-state index contributed by atoms with van der Waals surface area (Å²) >= 11 is 0. The molecule has 7 heteroatoms. The summed E-state index contributed by atoms with van der Waals surface area (Å²) in [6.45, 7) is 1.17. The summed E-state index contributed by atoms with van der Waals surface area (Å²) in [5, 5.41) is 8.47. The number of hydrogen-bond donors (Lipinski definition) is 2. The minimum absolute atomic E-state index is 0.0652. The van der Waals surface area contributed by atoms with Crippen molar-refractivity contribution in [2.45, 2.75) is 30.6 Å². The highest BCUT2D eigenvalue weighted by atomic mass is 32.2. The molecule has 0 radical (unpaired) electrons. The Morgan fingerprint density at radius 3 is 2.65 bits per heavy atom. The van der Waals surface area contributed by atoms with E-state index in [1.165, 1.54) is 7.11 Å². The van der Waals surface area contributed by atoms with E-state index in [9.17, 15) is 8.42 Å². The molecule has 0 aliphatic carbocycles. The summed E-state index contributed by atoms with van der Waals surface area (Å²) in [7, 11) is -1.84. The Kier molecular flexibility index (Phi) is 6.35. The number of ether oxygens (including phenoxy) is 2. The van der Waals surface area contributed by atoms with Gasteiger partial charge in [-0.3, -0.25) is 0 Å². The van der Waals surface area contributed by atoms with Crippen LogP contribution in [-0.4, -0.2) is 58.4 Å². The van der Waals surface area contributed by atoms with Crippen LogP contribution in [0.15, 0.2) is 0 Å². The summed E-state index contributed by atoms with van der Waals surface area (Å²) in [5.74, 6) is 0. The summed E-state index contributed by atoms with van der Waals surface area (Å²) in [6, 6.07) is -0.363. The Hall–Kier alpha value is -0.210. The molecule has 1 aliphatic rings. The molecule has 0 saturated carbocycles. The Labute approximate surface area is 102 Å². The average molecular weight is 267 g/mol. The molecule has 1 aliphatic heterocycles. The molecule has 1 heterocycles. The maximum absolute atomic E-state index is 12.0. The van der Waals surface area contributed by atoms with Crippen LogP contribution in [0.4, 0.5) is 0 Å².